The summed E-state index contributed by atoms with van der Waals surface area (Å²) in [5.74, 6) is 1.16. The van der Waals surface area contributed by atoms with Crippen LogP contribution in [0.5, 0.6) is 0 Å². The molecule has 2 aromatic rings. The summed E-state index contributed by atoms with van der Waals surface area (Å²) in [5.41, 5.74) is 8.00. The maximum atomic E-state index is 14.4. The molecule has 3 aliphatic heterocycles. The summed E-state index contributed by atoms with van der Waals surface area (Å²) in [6, 6.07) is -0.663. The van der Waals surface area contributed by atoms with Gasteiger partial charge in [0, 0.05) is 12.0 Å². The first-order valence-electron chi connectivity index (χ1n) is 25.1. The van der Waals surface area contributed by atoms with Gasteiger partial charge in [0.25, 0.3) is 0 Å². The molecular weight excluding hydrogens is 837 g/mol. The minimum Gasteiger partial charge on any atom is -0.681 e. The number of esters is 2. The molecule has 10 nitrogen and oxygen atoms in total. The number of nitrogens with zero attached hydrogens (tertiary/aromatic N) is 4. The van der Waals surface area contributed by atoms with Crippen LogP contribution in [0.3, 0.4) is 0 Å². The van der Waals surface area contributed by atoms with E-state index < -0.39 is 23.9 Å². The molecule has 0 saturated carbocycles. The number of hydrogen-bond donors (Lipinski definition) is 1. The molecule has 66 heavy (non-hydrogen) atoms. The van der Waals surface area contributed by atoms with Crippen LogP contribution in [-0.2, 0) is 19.1 Å². The summed E-state index contributed by atoms with van der Waals surface area (Å²) in [4.78, 5) is 51.6. The number of carbonyl (C=O) groups is 3. The Labute approximate surface area is 412 Å². The Balaban J connectivity index is 0.00000817. The Morgan fingerprint density at radius 1 is 0.758 bits per heavy atom. The third-order valence-corrected chi connectivity index (χ3v) is 15.2. The first kappa shape index (κ1) is 53.4. The Kier molecular flexibility index (Phi) is 19.1. The number of hydrogen-bond acceptors (Lipinski definition) is 6. The van der Waals surface area contributed by atoms with Crippen molar-refractivity contribution in [3.8, 4) is 0 Å². The number of aliphatic hydroxyl groups is 1. The SMILES string of the molecule is CC[C@H]1/C2=C/c3[n-]c4c(c3C)C(=O)C(C(=O)OC)=C4C3[N-]/C(=C\c4[n-]c(c(C(C)O)c4C)/C=C(\[N-]2)[C@@H]1C)[C@@H](C)[C@@H]3CCC(=O)OCCC(C)CCC[C@H](C)CCC[C@H](C)CCCC(C)C.[Mg+2]. The van der Waals surface area contributed by atoms with Crippen molar-refractivity contribution in [2.24, 2.45) is 47.3 Å². The zero-order valence-electron chi connectivity index (χ0n) is 42.4. The molecule has 3 unspecified atom stereocenters. The van der Waals surface area contributed by atoms with Crippen LogP contribution in [-0.4, -0.2) is 65.6 Å². The number of aromatic nitrogens is 2. The molecule has 8 bridgehead atoms. The Bertz CT molecular complexity index is 2170. The smallest absolute Gasteiger partial charge is 0.681 e. The van der Waals surface area contributed by atoms with Gasteiger partial charge in [0.2, 0.25) is 0 Å². The van der Waals surface area contributed by atoms with Gasteiger partial charge in [-0.3, -0.25) is 9.59 Å². The summed E-state index contributed by atoms with van der Waals surface area (Å²) in [7, 11) is 1.28. The second-order valence-corrected chi connectivity index (χ2v) is 20.8. The van der Waals surface area contributed by atoms with Crippen molar-refractivity contribution in [1.29, 1.82) is 0 Å². The number of ketones is 1. The second-order valence-electron chi connectivity index (χ2n) is 20.8. The summed E-state index contributed by atoms with van der Waals surface area (Å²) in [5, 5.41) is 21.5. The fourth-order valence-electron chi connectivity index (χ4n) is 11.0. The molecule has 2 saturated heterocycles. The zero-order valence-corrected chi connectivity index (χ0v) is 43.8. The maximum Gasteiger partial charge on any atom is 2.00 e. The van der Waals surface area contributed by atoms with Crippen molar-refractivity contribution < 1.29 is 29.0 Å². The Morgan fingerprint density at radius 2 is 1.33 bits per heavy atom. The van der Waals surface area contributed by atoms with Crippen LogP contribution in [0.15, 0.2) is 22.7 Å². The quantitative estimate of drug-likeness (QED) is 0.0740. The summed E-state index contributed by atoms with van der Waals surface area (Å²) in [6.07, 6.45) is 19.0. The number of carbonyl (C=O) groups excluding carboxylic acids is 3. The van der Waals surface area contributed by atoms with E-state index in [9.17, 15) is 19.5 Å². The van der Waals surface area contributed by atoms with Crippen LogP contribution in [0.4, 0.5) is 0 Å². The number of aliphatic hydroxyl groups excluding tert-OH is 1. The molecule has 0 amide bonds. The molecule has 5 heterocycles. The van der Waals surface area contributed by atoms with Gasteiger partial charge in [-0.1, -0.05) is 161 Å². The van der Waals surface area contributed by atoms with E-state index in [1.807, 2.05) is 32.1 Å². The number of Topliss-reactive ketones (excluding diaryl/α,β-unsaturated/α-hetero) is 1. The van der Waals surface area contributed by atoms with E-state index in [-0.39, 0.29) is 64.7 Å². The summed E-state index contributed by atoms with van der Waals surface area (Å²) < 4.78 is 11.1. The molecule has 11 heteroatoms. The van der Waals surface area contributed by atoms with Crippen molar-refractivity contribution in [1.82, 2.24) is 9.97 Å². The number of methoxy groups -OCH3 is 1. The molecule has 0 aromatic carbocycles. The minimum atomic E-state index is -0.767. The first-order chi connectivity index (χ1) is 30.9. The average Bonchev–Trinajstić information content (AvgIpc) is 4.00. The number of fused-ring (bicyclic) bond motifs is 8. The molecule has 0 spiro atoms. The van der Waals surface area contributed by atoms with E-state index in [4.69, 9.17) is 30.1 Å². The number of rotatable bonds is 21. The number of ether oxygens (including phenoxy) is 2. The van der Waals surface area contributed by atoms with Crippen LogP contribution in [0, 0.1) is 61.2 Å². The molecule has 1 N–H and O–H groups in total. The van der Waals surface area contributed by atoms with Crippen molar-refractivity contribution >= 4 is 64.6 Å². The molecular formula is C55H78MgN4O6-2. The zero-order chi connectivity index (χ0) is 47.3. The molecule has 4 aliphatic rings. The van der Waals surface area contributed by atoms with Gasteiger partial charge in [0.1, 0.15) is 5.57 Å². The topological polar surface area (TPSA) is 146 Å². The Morgan fingerprint density at radius 3 is 1.92 bits per heavy atom. The molecule has 1 aliphatic carbocycles. The van der Waals surface area contributed by atoms with Crippen LogP contribution >= 0.6 is 0 Å². The minimum absolute atomic E-state index is 0. The van der Waals surface area contributed by atoms with E-state index in [0.717, 1.165) is 65.2 Å². The van der Waals surface area contributed by atoms with Crippen molar-refractivity contribution in [3.05, 3.63) is 78.3 Å². The van der Waals surface area contributed by atoms with Gasteiger partial charge in [-0.15, -0.1) is 22.8 Å². The van der Waals surface area contributed by atoms with E-state index >= 15 is 0 Å². The first-order valence-corrected chi connectivity index (χ1v) is 25.1. The third-order valence-electron chi connectivity index (χ3n) is 15.2. The fraction of sp³-hybridized carbons (Fsp3) is 0.655. The fourth-order valence-corrected chi connectivity index (χ4v) is 11.0. The van der Waals surface area contributed by atoms with Crippen LogP contribution in [0.2, 0.25) is 0 Å². The van der Waals surface area contributed by atoms with Gasteiger partial charge in [0.05, 0.1) is 19.8 Å². The predicted molar refractivity (Wildman–Crippen MR) is 267 cm³/mol. The van der Waals surface area contributed by atoms with E-state index in [0.29, 0.717) is 58.4 Å². The summed E-state index contributed by atoms with van der Waals surface area (Å²) in [6.45, 7) is 24.0. The van der Waals surface area contributed by atoms with Gasteiger partial charge in [0.15, 0.2) is 5.78 Å². The van der Waals surface area contributed by atoms with Crippen LogP contribution in [0.1, 0.15) is 202 Å². The van der Waals surface area contributed by atoms with Crippen molar-refractivity contribution in [2.75, 3.05) is 13.7 Å². The van der Waals surface area contributed by atoms with E-state index in [1.165, 1.54) is 58.5 Å². The van der Waals surface area contributed by atoms with E-state index in [1.54, 1.807) is 6.92 Å². The summed E-state index contributed by atoms with van der Waals surface area (Å²) >= 11 is 0. The number of allylic oxidation sites excluding steroid dienone is 3. The molecule has 6 rings (SSSR count). The predicted octanol–water partition coefficient (Wildman–Crippen LogP) is 12.6. The largest absolute Gasteiger partial charge is 2.00 e. The van der Waals surface area contributed by atoms with Gasteiger partial charge in [-0.2, -0.15) is 17.1 Å². The molecule has 2 aromatic heterocycles. The van der Waals surface area contributed by atoms with Crippen molar-refractivity contribution in [3.63, 3.8) is 0 Å². The normalized spacial score (nSPS) is 25.2. The van der Waals surface area contributed by atoms with Crippen LogP contribution < -0.4 is 9.97 Å². The van der Waals surface area contributed by atoms with Crippen LogP contribution in [0.25, 0.3) is 34.4 Å². The maximum absolute atomic E-state index is 14.4. The van der Waals surface area contributed by atoms with Gasteiger partial charge < -0.3 is 35.2 Å². The third kappa shape index (κ3) is 12.0. The molecule has 0 radical (unpaired) electrons. The monoisotopic (exact) mass is 915 g/mol. The average molecular weight is 916 g/mol. The standard InChI is InChI=1S/C55H80N4O6.Mg/c1-13-39-34(7)41-29-46-48(38(11)60)36(9)43(57-46)27-42-35(8)40(52(58-42)50-51(55(63)64-12)54(62)49-37(10)44(59-53(49)50)28-45(39)56-41)23-24-47(61)65-26-25-33(6)22-16-21-32(5)20-15-19-31(4)18-14-17-30(2)3;/h27-35,38-40,52,60H,13-26H2,1-12H3,(H2-2,56,57,58,59,62,63);/q-2;+2/p-2/t31-,32-,33?,34-,35+,38?,39-,40+,52?;/m1./s1. The van der Waals surface area contributed by atoms with Gasteiger partial charge in [-0.25, -0.2) is 4.79 Å². The molecule has 2 fully saturated rings. The second kappa shape index (κ2) is 23.6. The van der Waals surface area contributed by atoms with Crippen molar-refractivity contribution in [2.45, 2.75) is 172 Å². The van der Waals surface area contributed by atoms with E-state index in [2.05, 4.69) is 55.4 Å². The molecule has 9 atom stereocenters. The van der Waals surface area contributed by atoms with Gasteiger partial charge >= 0.3 is 35.0 Å². The van der Waals surface area contributed by atoms with Gasteiger partial charge in [-0.05, 0) is 86.5 Å². The molecule has 358 valence electrons. The Hall–Kier alpha value is -3.54.